The predicted molar refractivity (Wildman–Crippen MR) is 82.0 cm³/mol. The van der Waals surface area contributed by atoms with Crippen LogP contribution in [-0.2, 0) is 4.74 Å². The molecule has 4 nitrogen and oxygen atoms in total. The molecule has 1 aliphatic rings. The molecule has 5 heteroatoms. The Morgan fingerprint density at radius 1 is 1.53 bits per heavy atom. The number of ether oxygens (including phenoxy) is 2. The van der Waals surface area contributed by atoms with E-state index >= 15 is 0 Å². The van der Waals surface area contributed by atoms with E-state index in [1.807, 2.05) is 0 Å². The number of anilines is 1. The van der Waals surface area contributed by atoms with Crippen LogP contribution in [0.1, 0.15) is 31.2 Å². The lowest BCUT2D eigenvalue weighted by molar-refractivity contribution is 0.0981. The van der Waals surface area contributed by atoms with E-state index in [1.54, 1.807) is 12.1 Å². The van der Waals surface area contributed by atoms with Crippen molar-refractivity contribution in [2.45, 2.75) is 31.8 Å². The zero-order valence-corrected chi connectivity index (χ0v) is 12.9. The second kappa shape index (κ2) is 6.96. The van der Waals surface area contributed by atoms with Crippen LogP contribution in [0.5, 0.6) is 5.75 Å². The fraction of sp³-hybridized carbons (Fsp3) is 0.500. The van der Waals surface area contributed by atoms with Gasteiger partial charge >= 0.3 is 0 Å². The van der Waals surface area contributed by atoms with Crippen molar-refractivity contribution in [1.29, 1.82) is 5.26 Å². The Bertz CT molecular complexity index is 456. The van der Waals surface area contributed by atoms with Crippen molar-refractivity contribution in [2.75, 3.05) is 18.9 Å². The van der Waals surface area contributed by atoms with Gasteiger partial charge in [0, 0.05) is 6.61 Å². The monoisotopic (exact) mass is 372 g/mol. The van der Waals surface area contributed by atoms with E-state index in [-0.39, 0.29) is 0 Å². The van der Waals surface area contributed by atoms with Gasteiger partial charge in [-0.25, -0.2) is 0 Å². The molecule has 1 aromatic carbocycles. The van der Waals surface area contributed by atoms with Crippen molar-refractivity contribution in [3.05, 3.63) is 21.3 Å². The molecule has 0 saturated carbocycles. The SMILES string of the molecule is N#Cc1cc(N)c(OCCCC2CCCO2)c(I)c1. The molecule has 0 bridgehead atoms. The largest absolute Gasteiger partial charge is 0.490 e. The van der Waals surface area contributed by atoms with Crippen LogP contribution >= 0.6 is 22.6 Å². The Morgan fingerprint density at radius 2 is 2.37 bits per heavy atom. The lowest BCUT2D eigenvalue weighted by atomic mass is 10.1. The summed E-state index contributed by atoms with van der Waals surface area (Å²) in [5.74, 6) is 0.687. The van der Waals surface area contributed by atoms with Crippen LogP contribution in [0.25, 0.3) is 0 Å². The average molecular weight is 372 g/mol. The maximum atomic E-state index is 8.85. The predicted octanol–water partition coefficient (Wildman–Crippen LogP) is 3.08. The fourth-order valence-electron chi connectivity index (χ4n) is 2.19. The Labute approximate surface area is 127 Å². The highest BCUT2D eigenvalue weighted by molar-refractivity contribution is 14.1. The third-order valence-corrected chi connectivity index (χ3v) is 3.94. The third-order valence-electron chi connectivity index (χ3n) is 3.14. The van der Waals surface area contributed by atoms with Gasteiger partial charge in [-0.2, -0.15) is 5.26 Å². The quantitative estimate of drug-likeness (QED) is 0.490. The number of nitriles is 1. The van der Waals surface area contributed by atoms with E-state index in [0.717, 1.165) is 29.4 Å². The molecular formula is C14H17IN2O2. The Morgan fingerprint density at radius 3 is 3.00 bits per heavy atom. The van der Waals surface area contributed by atoms with E-state index < -0.39 is 0 Å². The highest BCUT2D eigenvalue weighted by atomic mass is 127. The van der Waals surface area contributed by atoms with Crippen molar-refractivity contribution in [3.63, 3.8) is 0 Å². The molecule has 2 rings (SSSR count). The van der Waals surface area contributed by atoms with Crippen LogP contribution in [0, 0.1) is 14.9 Å². The van der Waals surface area contributed by atoms with Gasteiger partial charge in [0.25, 0.3) is 0 Å². The van der Waals surface area contributed by atoms with Crippen LogP contribution in [0.4, 0.5) is 5.69 Å². The third kappa shape index (κ3) is 3.98. The number of hydrogen-bond donors (Lipinski definition) is 1. The zero-order chi connectivity index (χ0) is 13.7. The van der Waals surface area contributed by atoms with Crippen LogP contribution < -0.4 is 10.5 Å². The van der Waals surface area contributed by atoms with Gasteiger partial charge < -0.3 is 15.2 Å². The molecule has 0 amide bonds. The second-order valence-corrected chi connectivity index (χ2v) is 5.78. The van der Waals surface area contributed by atoms with Crippen LogP contribution in [0.3, 0.4) is 0 Å². The van der Waals surface area contributed by atoms with Crippen molar-refractivity contribution in [1.82, 2.24) is 0 Å². The number of nitrogens with two attached hydrogens (primary N) is 1. The minimum atomic E-state index is 0.404. The van der Waals surface area contributed by atoms with E-state index in [2.05, 4.69) is 28.7 Å². The van der Waals surface area contributed by atoms with Crippen LogP contribution in [0.15, 0.2) is 12.1 Å². The number of halogens is 1. The van der Waals surface area contributed by atoms with Crippen LogP contribution in [-0.4, -0.2) is 19.3 Å². The van der Waals surface area contributed by atoms with E-state index in [1.165, 1.54) is 6.42 Å². The molecule has 0 aromatic heterocycles. The number of benzene rings is 1. The highest BCUT2D eigenvalue weighted by Crippen LogP contribution is 2.29. The van der Waals surface area contributed by atoms with Crippen molar-refractivity contribution in [2.24, 2.45) is 0 Å². The molecule has 1 fully saturated rings. The summed E-state index contributed by atoms with van der Waals surface area (Å²) in [6, 6.07) is 5.52. The molecule has 1 unspecified atom stereocenters. The molecule has 1 aliphatic heterocycles. The highest BCUT2D eigenvalue weighted by Gasteiger charge is 2.15. The Hall–Kier alpha value is -1.00. The fourth-order valence-corrected chi connectivity index (χ4v) is 2.99. The van der Waals surface area contributed by atoms with Gasteiger partial charge in [0.1, 0.15) is 0 Å². The molecular weight excluding hydrogens is 355 g/mol. The molecule has 1 saturated heterocycles. The molecule has 1 atom stereocenters. The summed E-state index contributed by atoms with van der Waals surface area (Å²) in [4.78, 5) is 0. The molecule has 0 aliphatic carbocycles. The molecule has 2 N–H and O–H groups in total. The summed E-state index contributed by atoms with van der Waals surface area (Å²) >= 11 is 2.14. The number of hydrogen-bond acceptors (Lipinski definition) is 4. The first kappa shape index (κ1) is 14.4. The zero-order valence-electron chi connectivity index (χ0n) is 10.7. The minimum absolute atomic E-state index is 0.404. The first-order valence-corrected chi connectivity index (χ1v) is 7.52. The van der Waals surface area contributed by atoms with E-state index in [4.69, 9.17) is 20.5 Å². The summed E-state index contributed by atoms with van der Waals surface area (Å²) < 4.78 is 12.2. The van der Waals surface area contributed by atoms with Gasteiger partial charge in [0.2, 0.25) is 0 Å². The lowest BCUT2D eigenvalue weighted by Gasteiger charge is -2.13. The maximum absolute atomic E-state index is 8.85. The van der Waals surface area contributed by atoms with Gasteiger partial charge in [0.15, 0.2) is 5.75 Å². The van der Waals surface area contributed by atoms with E-state index in [9.17, 15) is 0 Å². The van der Waals surface area contributed by atoms with Gasteiger partial charge in [-0.05, 0) is 60.4 Å². The standard InChI is InChI=1S/C14H17IN2O2/c15-12-7-10(9-16)8-13(17)14(12)19-6-2-4-11-3-1-5-18-11/h7-8,11H,1-6,17H2. The normalized spacial score (nSPS) is 18.2. The summed E-state index contributed by atoms with van der Waals surface area (Å²) in [5.41, 5.74) is 6.99. The molecule has 0 radical (unpaired) electrons. The number of rotatable bonds is 5. The van der Waals surface area contributed by atoms with Crippen molar-refractivity contribution in [3.8, 4) is 11.8 Å². The Balaban J connectivity index is 1.84. The van der Waals surface area contributed by atoms with Gasteiger partial charge in [-0.3, -0.25) is 0 Å². The van der Waals surface area contributed by atoms with E-state index in [0.29, 0.717) is 29.7 Å². The second-order valence-electron chi connectivity index (χ2n) is 4.61. The Kier molecular flexibility index (Phi) is 5.28. The number of nitrogen functional groups attached to an aromatic ring is 1. The summed E-state index contributed by atoms with van der Waals surface area (Å²) in [6.45, 7) is 1.53. The smallest absolute Gasteiger partial charge is 0.155 e. The lowest BCUT2D eigenvalue weighted by Crippen LogP contribution is -2.08. The van der Waals surface area contributed by atoms with Crippen LogP contribution in [0.2, 0.25) is 0 Å². The maximum Gasteiger partial charge on any atom is 0.155 e. The summed E-state index contributed by atoms with van der Waals surface area (Å²) in [5, 5.41) is 8.85. The first-order valence-electron chi connectivity index (χ1n) is 6.44. The van der Waals surface area contributed by atoms with Gasteiger partial charge in [0.05, 0.1) is 33.6 Å². The minimum Gasteiger partial charge on any atom is -0.490 e. The summed E-state index contributed by atoms with van der Waals surface area (Å²) in [7, 11) is 0. The molecule has 102 valence electrons. The summed E-state index contributed by atoms with van der Waals surface area (Å²) in [6.07, 6.45) is 4.73. The average Bonchev–Trinajstić information content (AvgIpc) is 2.89. The van der Waals surface area contributed by atoms with Gasteiger partial charge in [-0.15, -0.1) is 0 Å². The van der Waals surface area contributed by atoms with Crippen molar-refractivity contribution >= 4 is 28.3 Å². The molecule has 1 heterocycles. The van der Waals surface area contributed by atoms with Gasteiger partial charge in [-0.1, -0.05) is 0 Å². The topological polar surface area (TPSA) is 68.3 Å². The molecule has 0 spiro atoms. The first-order chi connectivity index (χ1) is 9.20. The molecule has 19 heavy (non-hydrogen) atoms. The molecule has 1 aromatic rings. The van der Waals surface area contributed by atoms with Crippen molar-refractivity contribution < 1.29 is 9.47 Å². The number of nitrogens with zero attached hydrogens (tertiary/aromatic N) is 1.